The Balaban J connectivity index is 2.50. The quantitative estimate of drug-likeness (QED) is 0.769. The van der Waals surface area contributed by atoms with Gasteiger partial charge >= 0.3 is 0 Å². The van der Waals surface area contributed by atoms with Crippen LogP contribution in [0.15, 0.2) is 12.1 Å². The average molecular weight is 276 g/mol. The highest BCUT2D eigenvalue weighted by molar-refractivity contribution is 5.77. The summed E-state index contributed by atoms with van der Waals surface area (Å²) in [6.07, 6.45) is 0.775. The van der Waals surface area contributed by atoms with Crippen molar-refractivity contribution < 1.29 is 14.3 Å². The summed E-state index contributed by atoms with van der Waals surface area (Å²) in [6.45, 7) is 4.89. The van der Waals surface area contributed by atoms with Crippen LogP contribution in [0, 0.1) is 25.2 Å². The lowest BCUT2D eigenvalue weighted by Gasteiger charge is -2.12. The number of carbonyl (C=O) groups excluding carboxylic acids is 1. The topological polar surface area (TPSA) is 71.3 Å². The largest absolute Gasteiger partial charge is 0.483 e. The first-order valence-corrected chi connectivity index (χ1v) is 6.48. The number of ether oxygens (including phenoxy) is 2. The Bertz CT molecular complexity index is 483. The number of benzene rings is 1. The van der Waals surface area contributed by atoms with Gasteiger partial charge in [-0.15, -0.1) is 0 Å². The van der Waals surface area contributed by atoms with Crippen LogP contribution in [0.5, 0.6) is 5.75 Å². The second-order valence-corrected chi connectivity index (χ2v) is 4.54. The molecule has 0 saturated heterocycles. The van der Waals surface area contributed by atoms with Gasteiger partial charge in [0.2, 0.25) is 0 Å². The standard InChI is InChI=1S/C15H20N2O3/c1-11-7-13(9-16)8-12(2)15(11)20-10-14(18)17-5-4-6-19-3/h7-8H,4-6,10H2,1-3H3,(H,17,18). The lowest BCUT2D eigenvalue weighted by molar-refractivity contribution is -0.123. The summed E-state index contributed by atoms with van der Waals surface area (Å²) >= 11 is 0. The first-order chi connectivity index (χ1) is 9.58. The van der Waals surface area contributed by atoms with E-state index < -0.39 is 0 Å². The number of methoxy groups -OCH3 is 1. The minimum absolute atomic E-state index is 0.0272. The predicted molar refractivity (Wildman–Crippen MR) is 75.6 cm³/mol. The first-order valence-electron chi connectivity index (χ1n) is 6.48. The summed E-state index contributed by atoms with van der Waals surface area (Å²) in [6, 6.07) is 5.59. The SMILES string of the molecule is COCCCNC(=O)COc1c(C)cc(C#N)cc1C. The summed E-state index contributed by atoms with van der Waals surface area (Å²) in [5, 5.41) is 11.6. The number of aryl methyl sites for hydroxylation is 2. The minimum atomic E-state index is -0.163. The third-order valence-corrected chi connectivity index (χ3v) is 2.78. The molecule has 5 heteroatoms. The number of nitriles is 1. The number of rotatable bonds is 7. The molecule has 0 spiro atoms. The molecule has 108 valence electrons. The molecule has 1 aromatic rings. The summed E-state index contributed by atoms with van der Waals surface area (Å²) in [5.74, 6) is 0.500. The van der Waals surface area contributed by atoms with E-state index in [1.807, 2.05) is 13.8 Å². The van der Waals surface area contributed by atoms with Crippen LogP contribution in [-0.2, 0) is 9.53 Å². The number of hydrogen-bond acceptors (Lipinski definition) is 4. The lowest BCUT2D eigenvalue weighted by atomic mass is 10.1. The highest BCUT2D eigenvalue weighted by Gasteiger charge is 2.08. The van der Waals surface area contributed by atoms with Crippen molar-refractivity contribution in [1.29, 1.82) is 5.26 Å². The molecule has 0 saturated carbocycles. The molecule has 0 unspecified atom stereocenters. The van der Waals surface area contributed by atoms with Crippen LogP contribution in [0.1, 0.15) is 23.1 Å². The maximum Gasteiger partial charge on any atom is 0.257 e. The van der Waals surface area contributed by atoms with Gasteiger partial charge in [0.05, 0.1) is 11.6 Å². The van der Waals surface area contributed by atoms with E-state index in [0.717, 1.165) is 17.5 Å². The summed E-state index contributed by atoms with van der Waals surface area (Å²) in [5.41, 5.74) is 2.30. The van der Waals surface area contributed by atoms with E-state index in [-0.39, 0.29) is 12.5 Å². The third kappa shape index (κ3) is 4.90. The highest BCUT2D eigenvalue weighted by Crippen LogP contribution is 2.24. The second kappa shape index (κ2) is 8.18. The molecule has 0 aromatic heterocycles. The number of carbonyl (C=O) groups is 1. The molecule has 20 heavy (non-hydrogen) atoms. The molecule has 0 bridgehead atoms. The third-order valence-electron chi connectivity index (χ3n) is 2.78. The van der Waals surface area contributed by atoms with Crippen LogP contribution in [0.2, 0.25) is 0 Å². The Morgan fingerprint density at radius 1 is 1.35 bits per heavy atom. The molecule has 0 aliphatic heterocycles. The van der Waals surface area contributed by atoms with Gasteiger partial charge in [0, 0.05) is 20.3 Å². The maximum absolute atomic E-state index is 11.6. The number of nitrogens with zero attached hydrogens (tertiary/aromatic N) is 1. The number of nitrogens with one attached hydrogen (secondary N) is 1. The Labute approximate surface area is 119 Å². The van der Waals surface area contributed by atoms with Gasteiger partial charge in [-0.25, -0.2) is 0 Å². The Morgan fingerprint density at radius 2 is 2.00 bits per heavy atom. The molecule has 0 heterocycles. The Morgan fingerprint density at radius 3 is 2.55 bits per heavy atom. The van der Waals surface area contributed by atoms with Crippen molar-refractivity contribution >= 4 is 5.91 Å². The number of amides is 1. The van der Waals surface area contributed by atoms with Gasteiger partial charge in [0.25, 0.3) is 5.91 Å². The van der Waals surface area contributed by atoms with Crippen molar-refractivity contribution in [2.45, 2.75) is 20.3 Å². The van der Waals surface area contributed by atoms with E-state index >= 15 is 0 Å². The minimum Gasteiger partial charge on any atom is -0.483 e. The second-order valence-electron chi connectivity index (χ2n) is 4.54. The van der Waals surface area contributed by atoms with Crippen molar-refractivity contribution in [2.75, 3.05) is 26.9 Å². The van der Waals surface area contributed by atoms with Crippen LogP contribution in [0.4, 0.5) is 0 Å². The monoisotopic (exact) mass is 276 g/mol. The van der Waals surface area contributed by atoms with E-state index in [1.54, 1.807) is 19.2 Å². The Kier molecular flexibility index (Phi) is 6.54. The molecule has 1 amide bonds. The van der Waals surface area contributed by atoms with Gasteiger partial charge in [-0.05, 0) is 43.5 Å². The molecule has 0 aliphatic carbocycles. The average Bonchev–Trinajstić information content (AvgIpc) is 2.42. The zero-order chi connectivity index (χ0) is 15.0. The summed E-state index contributed by atoms with van der Waals surface area (Å²) in [7, 11) is 1.63. The van der Waals surface area contributed by atoms with Crippen molar-refractivity contribution in [3.63, 3.8) is 0 Å². The maximum atomic E-state index is 11.6. The molecule has 0 atom stereocenters. The van der Waals surface area contributed by atoms with E-state index in [2.05, 4.69) is 11.4 Å². The predicted octanol–water partition coefficient (Wildman–Crippen LogP) is 1.71. The van der Waals surface area contributed by atoms with Crippen LogP contribution in [0.3, 0.4) is 0 Å². The van der Waals surface area contributed by atoms with Gasteiger partial charge < -0.3 is 14.8 Å². The molecule has 0 radical (unpaired) electrons. The van der Waals surface area contributed by atoms with E-state index in [4.69, 9.17) is 14.7 Å². The van der Waals surface area contributed by atoms with Crippen molar-refractivity contribution in [2.24, 2.45) is 0 Å². The zero-order valence-electron chi connectivity index (χ0n) is 12.2. The molecular formula is C15H20N2O3. The lowest BCUT2D eigenvalue weighted by Crippen LogP contribution is -2.30. The van der Waals surface area contributed by atoms with Crippen molar-refractivity contribution in [3.8, 4) is 11.8 Å². The number of hydrogen-bond donors (Lipinski definition) is 1. The zero-order valence-corrected chi connectivity index (χ0v) is 12.2. The molecule has 5 nitrogen and oxygen atoms in total. The van der Waals surface area contributed by atoms with Crippen LogP contribution >= 0.6 is 0 Å². The van der Waals surface area contributed by atoms with E-state index in [1.165, 1.54) is 0 Å². The van der Waals surface area contributed by atoms with Crippen molar-refractivity contribution in [1.82, 2.24) is 5.32 Å². The summed E-state index contributed by atoms with van der Waals surface area (Å²) < 4.78 is 10.4. The van der Waals surface area contributed by atoms with Gasteiger partial charge in [0.15, 0.2) is 6.61 Å². The molecule has 0 aliphatic rings. The smallest absolute Gasteiger partial charge is 0.257 e. The van der Waals surface area contributed by atoms with Crippen LogP contribution in [-0.4, -0.2) is 32.8 Å². The molecule has 0 fully saturated rings. The fraction of sp³-hybridized carbons (Fsp3) is 0.467. The highest BCUT2D eigenvalue weighted by atomic mass is 16.5. The van der Waals surface area contributed by atoms with Crippen molar-refractivity contribution in [3.05, 3.63) is 28.8 Å². The van der Waals surface area contributed by atoms with Gasteiger partial charge in [0.1, 0.15) is 5.75 Å². The van der Waals surface area contributed by atoms with Crippen LogP contribution < -0.4 is 10.1 Å². The normalized spacial score (nSPS) is 9.90. The van der Waals surface area contributed by atoms with Crippen LogP contribution in [0.25, 0.3) is 0 Å². The first kappa shape index (κ1) is 16.0. The fourth-order valence-corrected chi connectivity index (χ4v) is 1.88. The summed E-state index contributed by atoms with van der Waals surface area (Å²) in [4.78, 5) is 11.6. The molecular weight excluding hydrogens is 256 g/mol. The van der Waals surface area contributed by atoms with Gasteiger partial charge in [-0.2, -0.15) is 5.26 Å². The van der Waals surface area contributed by atoms with Gasteiger partial charge in [-0.3, -0.25) is 4.79 Å². The van der Waals surface area contributed by atoms with E-state index in [9.17, 15) is 4.79 Å². The molecule has 1 N–H and O–H groups in total. The Hall–Kier alpha value is -2.06. The fourth-order valence-electron chi connectivity index (χ4n) is 1.88. The molecule has 1 rings (SSSR count). The van der Waals surface area contributed by atoms with Gasteiger partial charge in [-0.1, -0.05) is 0 Å². The molecule has 1 aromatic carbocycles. The van der Waals surface area contributed by atoms with E-state index in [0.29, 0.717) is 24.5 Å².